The van der Waals surface area contributed by atoms with Crippen LogP contribution in [0.5, 0.6) is 0 Å². The molecule has 1 saturated heterocycles. The Morgan fingerprint density at radius 2 is 1.96 bits per heavy atom. The fourth-order valence-electron chi connectivity index (χ4n) is 4.02. The molecule has 2 N–H and O–H groups in total. The van der Waals surface area contributed by atoms with Crippen LogP contribution in [0, 0.1) is 12.8 Å². The first-order valence-electron chi connectivity index (χ1n) is 9.00. The Hall–Kier alpha value is -2.22. The van der Waals surface area contributed by atoms with E-state index in [9.17, 15) is 4.79 Å². The van der Waals surface area contributed by atoms with Crippen LogP contribution < -0.4 is 10.6 Å². The molecule has 1 aliphatic heterocycles. The van der Waals surface area contributed by atoms with Crippen LogP contribution in [0.15, 0.2) is 6.20 Å². The number of rotatable bonds is 2. The highest BCUT2D eigenvalue weighted by atomic mass is 16.2. The average molecular weight is 343 g/mol. The lowest BCUT2D eigenvalue weighted by Gasteiger charge is -2.37. The molecule has 8 heteroatoms. The number of aryl methyl sites for hydroxylation is 2. The highest BCUT2D eigenvalue weighted by Gasteiger charge is 2.34. The van der Waals surface area contributed by atoms with Crippen molar-refractivity contribution in [3.63, 3.8) is 0 Å². The number of nitrogens with zero attached hydrogens (tertiary/aromatic N) is 6. The number of carbonyl (C=O) groups excluding carboxylic acids is 1. The Morgan fingerprint density at radius 3 is 2.64 bits per heavy atom. The lowest BCUT2D eigenvalue weighted by Crippen LogP contribution is -2.52. The molecule has 8 nitrogen and oxygen atoms in total. The van der Waals surface area contributed by atoms with Gasteiger partial charge < -0.3 is 15.5 Å². The van der Waals surface area contributed by atoms with Crippen molar-refractivity contribution in [2.24, 2.45) is 18.7 Å². The van der Waals surface area contributed by atoms with Gasteiger partial charge in [-0.25, -0.2) is 9.97 Å². The average Bonchev–Trinajstić information content (AvgIpc) is 3.20. The first kappa shape index (κ1) is 16.3. The van der Waals surface area contributed by atoms with Crippen LogP contribution in [-0.2, 0) is 11.8 Å². The Kier molecular flexibility index (Phi) is 4.07. The van der Waals surface area contributed by atoms with Gasteiger partial charge >= 0.3 is 0 Å². The van der Waals surface area contributed by atoms with Crippen LogP contribution in [0.4, 0.5) is 5.82 Å². The maximum atomic E-state index is 12.7. The molecule has 1 aliphatic carbocycles. The first-order valence-corrected chi connectivity index (χ1v) is 9.00. The van der Waals surface area contributed by atoms with Crippen molar-refractivity contribution >= 4 is 22.8 Å². The van der Waals surface area contributed by atoms with Crippen molar-refractivity contribution in [1.29, 1.82) is 0 Å². The summed E-state index contributed by atoms with van der Waals surface area (Å²) in [5, 5.41) is 5.27. The number of piperazine rings is 1. The summed E-state index contributed by atoms with van der Waals surface area (Å²) in [7, 11) is 1.89. The van der Waals surface area contributed by atoms with Crippen molar-refractivity contribution in [3.05, 3.63) is 12.0 Å². The standard InChI is InChI=1S/C17H25N7O/c1-11-20-15-13(10-19-22(15)2)16(21-11)23-6-8-24(9-7-23)17(25)12-4-3-5-14(12)18/h10,12,14H,3-9,18H2,1-2H3/t12-,14-/m1/s1. The number of anilines is 1. The minimum absolute atomic E-state index is 0.0119. The van der Waals surface area contributed by atoms with Gasteiger partial charge in [0.25, 0.3) is 0 Å². The third-order valence-electron chi connectivity index (χ3n) is 5.46. The van der Waals surface area contributed by atoms with E-state index in [-0.39, 0.29) is 17.9 Å². The quantitative estimate of drug-likeness (QED) is 0.851. The van der Waals surface area contributed by atoms with Gasteiger partial charge in [0.1, 0.15) is 11.6 Å². The fourth-order valence-corrected chi connectivity index (χ4v) is 4.02. The molecule has 1 saturated carbocycles. The number of aromatic nitrogens is 4. The van der Waals surface area contributed by atoms with Crippen molar-refractivity contribution in [2.45, 2.75) is 32.2 Å². The molecule has 1 amide bonds. The summed E-state index contributed by atoms with van der Waals surface area (Å²) in [6.45, 7) is 4.87. The van der Waals surface area contributed by atoms with Gasteiger partial charge in [-0.3, -0.25) is 9.48 Å². The highest BCUT2D eigenvalue weighted by molar-refractivity contribution is 5.87. The van der Waals surface area contributed by atoms with Gasteiger partial charge in [-0.2, -0.15) is 5.10 Å². The molecule has 2 aromatic rings. The second kappa shape index (κ2) is 6.25. The highest BCUT2D eigenvalue weighted by Crippen LogP contribution is 2.28. The molecule has 2 atom stereocenters. The third-order valence-corrected chi connectivity index (χ3v) is 5.46. The molecule has 0 spiro atoms. The van der Waals surface area contributed by atoms with Gasteiger partial charge in [0.2, 0.25) is 5.91 Å². The van der Waals surface area contributed by atoms with E-state index in [2.05, 4.69) is 20.0 Å². The van der Waals surface area contributed by atoms with E-state index in [1.807, 2.05) is 25.1 Å². The fraction of sp³-hybridized carbons (Fsp3) is 0.647. The van der Waals surface area contributed by atoms with Gasteiger partial charge in [-0.05, 0) is 19.8 Å². The second-order valence-electron chi connectivity index (χ2n) is 7.11. The lowest BCUT2D eigenvalue weighted by atomic mass is 10.0. The SMILES string of the molecule is Cc1nc(N2CCN(C(=O)[C@@H]3CCC[C@H]3N)CC2)c2cnn(C)c2n1. The van der Waals surface area contributed by atoms with Crippen LogP contribution in [0.3, 0.4) is 0 Å². The Bertz CT molecular complexity index is 794. The van der Waals surface area contributed by atoms with E-state index in [4.69, 9.17) is 5.73 Å². The number of amides is 1. The number of hydrogen-bond acceptors (Lipinski definition) is 6. The van der Waals surface area contributed by atoms with Crippen molar-refractivity contribution in [1.82, 2.24) is 24.6 Å². The van der Waals surface area contributed by atoms with E-state index >= 15 is 0 Å². The zero-order valence-corrected chi connectivity index (χ0v) is 14.9. The molecule has 25 heavy (non-hydrogen) atoms. The normalized spacial score (nSPS) is 24.3. The van der Waals surface area contributed by atoms with Crippen LogP contribution in [-0.4, -0.2) is 62.8 Å². The Balaban J connectivity index is 1.50. The van der Waals surface area contributed by atoms with E-state index < -0.39 is 0 Å². The van der Waals surface area contributed by atoms with Crippen molar-refractivity contribution in [3.8, 4) is 0 Å². The van der Waals surface area contributed by atoms with Crippen LogP contribution in [0.25, 0.3) is 11.0 Å². The van der Waals surface area contributed by atoms with Gasteiger partial charge in [0, 0.05) is 39.3 Å². The maximum Gasteiger partial charge on any atom is 0.227 e. The van der Waals surface area contributed by atoms with E-state index in [0.29, 0.717) is 13.1 Å². The molecule has 2 fully saturated rings. The minimum atomic E-state index is 0.0119. The molecule has 134 valence electrons. The van der Waals surface area contributed by atoms with Crippen LogP contribution >= 0.6 is 0 Å². The predicted molar refractivity (Wildman–Crippen MR) is 95.2 cm³/mol. The molecular weight excluding hydrogens is 318 g/mol. The molecular formula is C17H25N7O. The molecule has 3 heterocycles. The summed E-state index contributed by atoms with van der Waals surface area (Å²) in [6.07, 6.45) is 4.78. The van der Waals surface area contributed by atoms with E-state index in [0.717, 1.165) is 55.0 Å². The summed E-state index contributed by atoms with van der Waals surface area (Å²) < 4.78 is 1.77. The Labute approximate surface area is 147 Å². The van der Waals surface area contributed by atoms with Crippen LogP contribution in [0.2, 0.25) is 0 Å². The third kappa shape index (κ3) is 2.84. The summed E-state index contributed by atoms with van der Waals surface area (Å²) in [4.78, 5) is 26.0. The zero-order chi connectivity index (χ0) is 17.6. The largest absolute Gasteiger partial charge is 0.352 e. The van der Waals surface area contributed by atoms with Gasteiger partial charge in [-0.1, -0.05) is 6.42 Å². The van der Waals surface area contributed by atoms with Gasteiger partial charge in [-0.15, -0.1) is 0 Å². The summed E-state index contributed by atoms with van der Waals surface area (Å²) in [5.74, 6) is 1.90. The molecule has 0 radical (unpaired) electrons. The zero-order valence-electron chi connectivity index (χ0n) is 14.9. The number of nitrogens with two attached hydrogens (primary N) is 1. The van der Waals surface area contributed by atoms with E-state index in [1.54, 1.807) is 4.68 Å². The number of fused-ring (bicyclic) bond motifs is 1. The second-order valence-corrected chi connectivity index (χ2v) is 7.11. The summed E-state index contributed by atoms with van der Waals surface area (Å²) in [6, 6.07) is 0.0325. The van der Waals surface area contributed by atoms with E-state index in [1.165, 1.54) is 0 Å². The van der Waals surface area contributed by atoms with Gasteiger partial charge in [0.15, 0.2) is 5.65 Å². The van der Waals surface area contributed by atoms with Crippen molar-refractivity contribution < 1.29 is 4.79 Å². The minimum Gasteiger partial charge on any atom is -0.352 e. The number of hydrogen-bond donors (Lipinski definition) is 1. The smallest absolute Gasteiger partial charge is 0.227 e. The monoisotopic (exact) mass is 343 g/mol. The summed E-state index contributed by atoms with van der Waals surface area (Å²) in [5.41, 5.74) is 6.95. The molecule has 0 aromatic carbocycles. The topological polar surface area (TPSA) is 93.2 Å². The Morgan fingerprint density at radius 1 is 1.20 bits per heavy atom. The molecule has 2 aliphatic rings. The van der Waals surface area contributed by atoms with Gasteiger partial charge in [0.05, 0.1) is 17.5 Å². The molecule has 2 aromatic heterocycles. The lowest BCUT2D eigenvalue weighted by molar-refractivity contribution is -0.136. The maximum absolute atomic E-state index is 12.7. The number of carbonyl (C=O) groups is 1. The predicted octanol–water partition coefficient (Wildman–Crippen LogP) is 0.448. The molecule has 4 rings (SSSR count). The summed E-state index contributed by atoms with van der Waals surface area (Å²) >= 11 is 0. The van der Waals surface area contributed by atoms with Crippen molar-refractivity contribution in [2.75, 3.05) is 31.1 Å². The molecule has 0 unspecified atom stereocenters. The van der Waals surface area contributed by atoms with Crippen LogP contribution in [0.1, 0.15) is 25.1 Å². The first-order chi connectivity index (χ1) is 12.0. The molecule has 0 bridgehead atoms.